The van der Waals surface area contributed by atoms with Crippen molar-refractivity contribution >= 4 is 17.3 Å². The Hall–Kier alpha value is -3.14. The van der Waals surface area contributed by atoms with Crippen LogP contribution in [0, 0.1) is 28.6 Å². The molecule has 250 valence electrons. The van der Waals surface area contributed by atoms with Crippen molar-refractivity contribution in [3.05, 3.63) is 88.5 Å². The Morgan fingerprint density at radius 3 is 2.60 bits per heavy atom. The van der Waals surface area contributed by atoms with Gasteiger partial charge in [0.05, 0.1) is 24.9 Å². The zero-order chi connectivity index (χ0) is 33.3. The Balaban J connectivity index is 1.12. The average molecular weight is 642 g/mol. The molecule has 4 N–H and O–H groups in total. The second-order valence-corrected chi connectivity index (χ2v) is 15.2. The van der Waals surface area contributed by atoms with Gasteiger partial charge in [0.15, 0.2) is 23.5 Å². The van der Waals surface area contributed by atoms with Crippen LogP contribution >= 0.6 is 0 Å². The van der Waals surface area contributed by atoms with E-state index in [0.717, 1.165) is 52.8 Å². The number of fused-ring (bicyclic) bond motifs is 7. The number of nitrogens with two attached hydrogens (primary N) is 1. The molecule has 47 heavy (non-hydrogen) atoms. The van der Waals surface area contributed by atoms with Gasteiger partial charge < -0.3 is 30.2 Å². The summed E-state index contributed by atoms with van der Waals surface area (Å²) in [5.74, 6) is -0.286. The van der Waals surface area contributed by atoms with Gasteiger partial charge in [0.2, 0.25) is 0 Å². The molecule has 0 unspecified atom stereocenters. The van der Waals surface area contributed by atoms with Crippen LogP contribution in [0.1, 0.15) is 81.9 Å². The van der Waals surface area contributed by atoms with E-state index in [1.165, 1.54) is 0 Å². The highest BCUT2D eigenvalue weighted by molar-refractivity contribution is 6.01. The Morgan fingerprint density at radius 1 is 1.13 bits per heavy atom. The lowest BCUT2D eigenvalue weighted by molar-refractivity contribution is -0.201. The maximum atomic E-state index is 13.8. The molecule has 8 nitrogen and oxygen atoms in total. The second-order valence-electron chi connectivity index (χ2n) is 15.2. The van der Waals surface area contributed by atoms with E-state index in [4.69, 9.17) is 19.9 Å². The van der Waals surface area contributed by atoms with E-state index >= 15 is 0 Å². The minimum absolute atomic E-state index is 0.00132. The number of aliphatic hydroxyl groups is 2. The first kappa shape index (κ1) is 32.4. The third kappa shape index (κ3) is 5.06. The van der Waals surface area contributed by atoms with E-state index in [2.05, 4.69) is 19.9 Å². The Labute approximate surface area is 277 Å². The van der Waals surface area contributed by atoms with E-state index in [1.807, 2.05) is 56.3 Å². The highest BCUT2D eigenvalue weighted by Gasteiger charge is 2.75. The average Bonchev–Trinajstić information content (AvgIpc) is 3.54. The number of aliphatic hydroxyl groups excluding tert-OH is 2. The lowest BCUT2D eigenvalue weighted by Crippen LogP contribution is -2.63. The maximum Gasteiger partial charge on any atom is 0.193 e. The summed E-state index contributed by atoms with van der Waals surface area (Å²) in [5.41, 5.74) is 9.51. The van der Waals surface area contributed by atoms with Crippen LogP contribution in [0.15, 0.2) is 66.3 Å². The fraction of sp³-hybridized carbons (Fsp3) is 0.538. The first-order valence-corrected chi connectivity index (χ1v) is 17.1. The maximum absolute atomic E-state index is 13.8. The van der Waals surface area contributed by atoms with E-state index in [0.29, 0.717) is 19.4 Å². The molecule has 1 aliphatic heterocycles. The van der Waals surface area contributed by atoms with Crippen molar-refractivity contribution in [1.29, 1.82) is 0 Å². The lowest BCUT2D eigenvalue weighted by atomic mass is 9.46. The molecule has 7 rings (SSSR count). The van der Waals surface area contributed by atoms with Gasteiger partial charge in [0.25, 0.3) is 0 Å². The molecule has 0 bridgehead atoms. The lowest BCUT2D eigenvalue weighted by Gasteiger charge is -2.59. The predicted molar refractivity (Wildman–Crippen MR) is 177 cm³/mol. The summed E-state index contributed by atoms with van der Waals surface area (Å²) in [6, 6.07) is 14.1. The van der Waals surface area contributed by atoms with E-state index in [-0.39, 0.29) is 35.4 Å². The van der Waals surface area contributed by atoms with Gasteiger partial charge in [-0.1, -0.05) is 61.9 Å². The summed E-state index contributed by atoms with van der Waals surface area (Å²) < 4.78 is 19.1. The molecule has 3 saturated carbocycles. The number of hydrogen-bond acceptors (Lipinski definition) is 8. The first-order valence-electron chi connectivity index (χ1n) is 17.1. The zero-order valence-electron chi connectivity index (χ0n) is 27.8. The fourth-order valence-corrected chi connectivity index (χ4v) is 10.0. The molecule has 2 aromatic carbocycles. The summed E-state index contributed by atoms with van der Waals surface area (Å²) in [6.45, 7) is 8.01. The Kier molecular flexibility index (Phi) is 8.12. The minimum atomic E-state index is -1.37. The van der Waals surface area contributed by atoms with Gasteiger partial charge in [-0.15, -0.1) is 0 Å². The van der Waals surface area contributed by atoms with Crippen molar-refractivity contribution in [2.45, 2.75) is 96.6 Å². The molecule has 0 aromatic heterocycles. The Bertz CT molecular complexity index is 1630. The third-order valence-electron chi connectivity index (χ3n) is 12.2. The standard InChI is InChI=1S/C39H47NO7/c1-22(2)45-21-26-16-24(7-12-31(26)40)15-23-5-8-25(9-6-23)36-46-34-18-30-29-11-10-27-17-28(42)13-14-37(27,3)35(29)32(43)19-38(30,4)39(34,47-36)33(44)20-41/h5-9,12-14,16-17,22,29-30,32,34-36,41,43H,10-11,15,18-21,40H2,1-4H3/t29-,30-,32-,34+,35+,36+,37-,38-,39+/m0/s1. The number of Topliss-reactive ketones (excluding diaryl/α,β-unsaturated/α-hetero) is 1. The number of allylic oxidation sites excluding steroid dienone is 4. The number of carbonyl (C=O) groups excluding carboxylic acids is 2. The number of carbonyl (C=O) groups is 2. The van der Waals surface area contributed by atoms with Crippen molar-refractivity contribution in [3.63, 3.8) is 0 Å². The van der Waals surface area contributed by atoms with Gasteiger partial charge in [0.1, 0.15) is 6.61 Å². The molecule has 4 aliphatic carbocycles. The summed E-state index contributed by atoms with van der Waals surface area (Å²) in [7, 11) is 0. The smallest absolute Gasteiger partial charge is 0.193 e. The molecule has 0 radical (unpaired) electrons. The number of nitrogen functional groups attached to an aromatic ring is 1. The number of hydrogen-bond donors (Lipinski definition) is 3. The van der Waals surface area contributed by atoms with Crippen LogP contribution < -0.4 is 5.73 Å². The number of anilines is 1. The van der Waals surface area contributed by atoms with Gasteiger partial charge in [0, 0.05) is 33.6 Å². The summed E-state index contributed by atoms with van der Waals surface area (Å²) in [4.78, 5) is 26.0. The van der Waals surface area contributed by atoms with Crippen LogP contribution in [0.4, 0.5) is 5.69 Å². The summed E-state index contributed by atoms with van der Waals surface area (Å²) >= 11 is 0. The molecule has 8 heteroatoms. The molecular formula is C39H47NO7. The molecule has 1 heterocycles. The molecule has 9 atom stereocenters. The van der Waals surface area contributed by atoms with Crippen LogP contribution in [0.3, 0.4) is 0 Å². The molecule has 2 aromatic rings. The molecule has 0 amide bonds. The predicted octanol–water partition coefficient (Wildman–Crippen LogP) is 5.39. The van der Waals surface area contributed by atoms with Crippen molar-refractivity contribution in [2.24, 2.45) is 28.6 Å². The third-order valence-corrected chi connectivity index (χ3v) is 12.2. The summed E-state index contributed by atoms with van der Waals surface area (Å²) in [5, 5.41) is 22.1. The van der Waals surface area contributed by atoms with Gasteiger partial charge in [-0.25, -0.2) is 0 Å². The van der Waals surface area contributed by atoms with E-state index in [9.17, 15) is 19.8 Å². The van der Waals surface area contributed by atoms with Crippen molar-refractivity contribution in [2.75, 3.05) is 12.3 Å². The van der Waals surface area contributed by atoms with Crippen molar-refractivity contribution in [3.8, 4) is 0 Å². The van der Waals surface area contributed by atoms with Crippen molar-refractivity contribution < 1.29 is 34.0 Å². The number of benzene rings is 2. The molecular weight excluding hydrogens is 594 g/mol. The summed E-state index contributed by atoms with van der Waals surface area (Å²) in [6.07, 6.45) is 6.76. The van der Waals surface area contributed by atoms with Crippen LogP contribution in [0.2, 0.25) is 0 Å². The van der Waals surface area contributed by atoms with Crippen molar-refractivity contribution in [1.82, 2.24) is 0 Å². The van der Waals surface area contributed by atoms with E-state index in [1.54, 1.807) is 12.2 Å². The van der Waals surface area contributed by atoms with Gasteiger partial charge in [-0.3, -0.25) is 9.59 Å². The number of ketones is 2. The van der Waals surface area contributed by atoms with E-state index < -0.39 is 41.5 Å². The number of rotatable bonds is 8. The fourth-order valence-electron chi connectivity index (χ4n) is 10.0. The molecule has 5 aliphatic rings. The SMILES string of the molecule is CC(C)OCc1cc(Cc2ccc([C@@H]3O[C@@H]4C[C@H]5[C@@H]6CCC7=CC(=O)C=C[C@]7(C)[C@H]6[C@@H](O)C[C@]5(C)[C@]4(C(=O)CO)O3)cc2)ccc1N. The minimum Gasteiger partial charge on any atom is -0.398 e. The zero-order valence-corrected chi connectivity index (χ0v) is 27.8. The monoisotopic (exact) mass is 641 g/mol. The largest absolute Gasteiger partial charge is 0.398 e. The number of ether oxygens (including phenoxy) is 3. The highest BCUT2D eigenvalue weighted by atomic mass is 16.7. The highest BCUT2D eigenvalue weighted by Crippen LogP contribution is 2.70. The topological polar surface area (TPSA) is 128 Å². The van der Waals surface area contributed by atoms with Crippen LogP contribution in [-0.2, 0) is 36.8 Å². The Morgan fingerprint density at radius 2 is 1.87 bits per heavy atom. The molecule has 1 saturated heterocycles. The normalized spacial score (nSPS) is 37.3. The van der Waals surface area contributed by atoms with Gasteiger partial charge >= 0.3 is 0 Å². The van der Waals surface area contributed by atoms with Crippen LogP contribution in [0.25, 0.3) is 0 Å². The quantitative estimate of drug-likeness (QED) is 0.328. The second kappa shape index (κ2) is 11.8. The van der Waals surface area contributed by atoms with Gasteiger partial charge in [-0.05, 0) is 87.1 Å². The molecule has 0 spiro atoms. The first-order chi connectivity index (χ1) is 22.4. The van der Waals surface area contributed by atoms with Crippen LogP contribution in [0.5, 0.6) is 0 Å². The van der Waals surface area contributed by atoms with Gasteiger partial charge in [-0.2, -0.15) is 0 Å². The molecule has 4 fully saturated rings. The van der Waals surface area contributed by atoms with Crippen LogP contribution in [-0.4, -0.2) is 52.3 Å².